The van der Waals surface area contributed by atoms with Gasteiger partial charge in [-0.25, -0.2) is 0 Å². The second-order valence-corrected chi connectivity index (χ2v) is 6.24. The van der Waals surface area contributed by atoms with E-state index in [4.69, 9.17) is 9.47 Å². The average Bonchev–Trinajstić information content (AvgIpc) is 2.98. The largest absolute Gasteiger partial charge is 0.485 e. The maximum atomic E-state index is 12.8. The van der Waals surface area contributed by atoms with Crippen LogP contribution >= 0.6 is 11.3 Å². The van der Waals surface area contributed by atoms with Crippen molar-refractivity contribution in [3.63, 3.8) is 0 Å². The number of aliphatic hydroxyl groups is 1. The van der Waals surface area contributed by atoms with Crippen LogP contribution in [-0.4, -0.2) is 35.7 Å². The minimum absolute atomic E-state index is 0.120. The van der Waals surface area contributed by atoms with Crippen LogP contribution < -0.4 is 9.47 Å². The van der Waals surface area contributed by atoms with Gasteiger partial charge in [-0.15, -0.1) is 11.3 Å². The van der Waals surface area contributed by atoms with E-state index in [-0.39, 0.29) is 5.91 Å². The number of fused-ring (bicyclic) bond motifs is 2. The first-order chi connectivity index (χ1) is 10.7. The van der Waals surface area contributed by atoms with E-state index in [0.29, 0.717) is 42.7 Å². The van der Waals surface area contributed by atoms with Crippen LogP contribution in [0.2, 0.25) is 0 Å². The maximum Gasteiger partial charge on any atom is 0.268 e. The molecular formula is C16H15NO4S. The van der Waals surface area contributed by atoms with Crippen LogP contribution in [0.3, 0.4) is 0 Å². The van der Waals surface area contributed by atoms with Crippen molar-refractivity contribution in [3.05, 3.63) is 45.6 Å². The van der Waals surface area contributed by atoms with Crippen LogP contribution in [0.4, 0.5) is 0 Å². The van der Waals surface area contributed by atoms with Crippen molar-refractivity contribution < 1.29 is 19.4 Å². The highest BCUT2D eigenvalue weighted by Gasteiger charge is 2.31. The van der Waals surface area contributed by atoms with Crippen molar-refractivity contribution in [2.24, 2.45) is 0 Å². The van der Waals surface area contributed by atoms with Gasteiger partial charge in [0, 0.05) is 11.9 Å². The zero-order chi connectivity index (χ0) is 15.1. The van der Waals surface area contributed by atoms with E-state index < -0.39 is 6.10 Å². The van der Waals surface area contributed by atoms with Gasteiger partial charge in [-0.1, -0.05) is 24.3 Å². The number of carbonyl (C=O) groups is 1. The van der Waals surface area contributed by atoms with E-state index in [1.165, 1.54) is 11.3 Å². The van der Waals surface area contributed by atoms with E-state index in [1.54, 1.807) is 10.3 Å². The van der Waals surface area contributed by atoms with Gasteiger partial charge in [0.15, 0.2) is 11.5 Å². The Morgan fingerprint density at radius 3 is 3.00 bits per heavy atom. The van der Waals surface area contributed by atoms with Crippen LogP contribution in [0.25, 0.3) is 0 Å². The summed E-state index contributed by atoms with van der Waals surface area (Å²) in [7, 11) is 0. The molecule has 1 N–H and O–H groups in total. The summed E-state index contributed by atoms with van der Waals surface area (Å²) in [5.41, 5.74) is 1.89. The summed E-state index contributed by atoms with van der Waals surface area (Å²) in [4.78, 5) is 15.0. The Bertz CT molecular complexity index is 727. The SMILES string of the molecule is O=C(c1scc2c1OCCO2)N1Cc2ccccc2C(O)C1. The van der Waals surface area contributed by atoms with Crippen molar-refractivity contribution in [1.29, 1.82) is 0 Å². The normalized spacial score (nSPS) is 19.7. The first-order valence-electron chi connectivity index (χ1n) is 7.16. The van der Waals surface area contributed by atoms with E-state index in [2.05, 4.69) is 0 Å². The molecule has 0 aliphatic carbocycles. The second kappa shape index (κ2) is 5.30. The number of β-amino-alcohol motifs (C(OH)–C–C–N with tert-alkyl or cyclic N) is 1. The summed E-state index contributed by atoms with van der Waals surface area (Å²) in [5, 5.41) is 12.1. The van der Waals surface area contributed by atoms with Gasteiger partial charge >= 0.3 is 0 Å². The Balaban J connectivity index is 1.63. The standard InChI is InChI=1S/C16H15NO4S/c18-12-8-17(7-10-3-1-2-4-11(10)12)16(19)15-14-13(9-22-15)20-5-6-21-14/h1-4,9,12,18H,5-8H2. The monoisotopic (exact) mass is 317 g/mol. The predicted molar refractivity (Wildman–Crippen MR) is 81.5 cm³/mol. The summed E-state index contributed by atoms with van der Waals surface area (Å²) < 4.78 is 11.1. The molecule has 6 heteroatoms. The summed E-state index contributed by atoms with van der Waals surface area (Å²) in [5.74, 6) is 1.05. The molecular weight excluding hydrogens is 302 g/mol. The van der Waals surface area contributed by atoms with Crippen molar-refractivity contribution in [2.75, 3.05) is 19.8 Å². The molecule has 1 aromatic carbocycles. The molecule has 0 saturated carbocycles. The molecule has 1 unspecified atom stereocenters. The molecule has 0 saturated heterocycles. The fraction of sp³-hybridized carbons (Fsp3) is 0.312. The number of thiophene rings is 1. The maximum absolute atomic E-state index is 12.8. The molecule has 1 aromatic heterocycles. The van der Waals surface area contributed by atoms with Gasteiger partial charge in [0.05, 0.1) is 12.6 Å². The predicted octanol–water partition coefficient (Wildman–Crippen LogP) is 2.21. The highest BCUT2D eigenvalue weighted by atomic mass is 32.1. The van der Waals surface area contributed by atoms with Gasteiger partial charge in [0.25, 0.3) is 5.91 Å². The number of benzene rings is 1. The molecule has 2 aliphatic heterocycles. The third kappa shape index (κ3) is 2.15. The van der Waals surface area contributed by atoms with Crippen molar-refractivity contribution in [3.8, 4) is 11.5 Å². The van der Waals surface area contributed by atoms with E-state index in [9.17, 15) is 9.90 Å². The summed E-state index contributed by atoms with van der Waals surface area (Å²) >= 11 is 1.33. The van der Waals surface area contributed by atoms with Gasteiger partial charge in [-0.05, 0) is 11.1 Å². The fourth-order valence-electron chi connectivity index (χ4n) is 2.89. The van der Waals surface area contributed by atoms with E-state index in [0.717, 1.165) is 11.1 Å². The molecule has 5 nitrogen and oxygen atoms in total. The van der Waals surface area contributed by atoms with Gasteiger partial charge in [0.1, 0.15) is 18.1 Å². The van der Waals surface area contributed by atoms with Crippen LogP contribution in [-0.2, 0) is 6.54 Å². The number of hydrogen-bond donors (Lipinski definition) is 1. The number of ether oxygens (including phenoxy) is 2. The molecule has 0 bridgehead atoms. The van der Waals surface area contributed by atoms with Gasteiger partial charge in [0.2, 0.25) is 0 Å². The Kier molecular flexibility index (Phi) is 3.28. The van der Waals surface area contributed by atoms with E-state index >= 15 is 0 Å². The number of carbonyl (C=O) groups excluding carboxylic acids is 1. The lowest BCUT2D eigenvalue weighted by molar-refractivity contribution is 0.0548. The molecule has 4 rings (SSSR count). The molecule has 2 aliphatic rings. The lowest BCUT2D eigenvalue weighted by Crippen LogP contribution is -2.38. The van der Waals surface area contributed by atoms with Crippen molar-refractivity contribution >= 4 is 17.2 Å². The summed E-state index contributed by atoms with van der Waals surface area (Å²) in [6, 6.07) is 7.68. The molecule has 2 aromatic rings. The molecule has 0 spiro atoms. The number of aliphatic hydroxyl groups excluding tert-OH is 1. The molecule has 1 amide bonds. The van der Waals surface area contributed by atoms with Crippen molar-refractivity contribution in [2.45, 2.75) is 12.6 Å². The van der Waals surface area contributed by atoms with Crippen LogP contribution in [0.5, 0.6) is 11.5 Å². The third-order valence-corrected chi connectivity index (χ3v) is 4.88. The van der Waals surface area contributed by atoms with E-state index in [1.807, 2.05) is 24.3 Å². The lowest BCUT2D eigenvalue weighted by atomic mass is 9.97. The van der Waals surface area contributed by atoms with Crippen LogP contribution in [0.1, 0.15) is 26.9 Å². The minimum atomic E-state index is -0.651. The minimum Gasteiger partial charge on any atom is -0.485 e. The molecule has 3 heterocycles. The number of amides is 1. The highest BCUT2D eigenvalue weighted by molar-refractivity contribution is 7.12. The average molecular weight is 317 g/mol. The molecule has 114 valence electrons. The summed E-state index contributed by atoms with van der Waals surface area (Å²) in [6.45, 7) is 1.76. The van der Waals surface area contributed by atoms with Gasteiger partial charge in [-0.2, -0.15) is 0 Å². The Morgan fingerprint density at radius 1 is 1.27 bits per heavy atom. The number of rotatable bonds is 1. The smallest absolute Gasteiger partial charge is 0.268 e. The lowest BCUT2D eigenvalue weighted by Gasteiger charge is -2.32. The Hall–Kier alpha value is -2.05. The molecule has 1 atom stereocenters. The Morgan fingerprint density at radius 2 is 2.09 bits per heavy atom. The molecule has 22 heavy (non-hydrogen) atoms. The molecule has 0 radical (unpaired) electrons. The summed E-state index contributed by atoms with van der Waals surface area (Å²) in [6.07, 6.45) is -0.651. The third-order valence-electron chi connectivity index (χ3n) is 3.95. The topological polar surface area (TPSA) is 59.0 Å². The quantitative estimate of drug-likeness (QED) is 0.876. The highest BCUT2D eigenvalue weighted by Crippen LogP contribution is 2.40. The fourth-order valence-corrected chi connectivity index (χ4v) is 3.79. The zero-order valence-corrected chi connectivity index (χ0v) is 12.6. The first kappa shape index (κ1) is 13.6. The second-order valence-electron chi connectivity index (χ2n) is 5.36. The Labute approximate surface area is 131 Å². The van der Waals surface area contributed by atoms with Crippen LogP contribution in [0.15, 0.2) is 29.6 Å². The van der Waals surface area contributed by atoms with Crippen molar-refractivity contribution in [1.82, 2.24) is 4.90 Å². The van der Waals surface area contributed by atoms with Gasteiger partial charge in [-0.3, -0.25) is 4.79 Å². The van der Waals surface area contributed by atoms with Crippen LogP contribution in [0, 0.1) is 0 Å². The van der Waals surface area contributed by atoms with Gasteiger partial charge < -0.3 is 19.5 Å². The molecule has 0 fully saturated rings. The number of nitrogens with zero attached hydrogens (tertiary/aromatic N) is 1. The first-order valence-corrected chi connectivity index (χ1v) is 8.04. The number of hydrogen-bond acceptors (Lipinski definition) is 5. The zero-order valence-electron chi connectivity index (χ0n) is 11.8.